The van der Waals surface area contributed by atoms with Crippen LogP contribution in [0.3, 0.4) is 0 Å². The van der Waals surface area contributed by atoms with Gasteiger partial charge in [-0.3, -0.25) is 0 Å². The van der Waals surface area contributed by atoms with E-state index in [1.54, 1.807) is 30.4 Å². The molecule has 3 aliphatic rings. The van der Waals surface area contributed by atoms with Crippen molar-refractivity contribution >= 4 is 34.5 Å². The Kier molecular flexibility index (Phi) is 7.25. The molecular formula is C35H30N4O3. The molecule has 42 heavy (non-hydrogen) atoms. The van der Waals surface area contributed by atoms with Gasteiger partial charge in [0.15, 0.2) is 0 Å². The Bertz CT molecular complexity index is 1840. The van der Waals surface area contributed by atoms with Crippen LogP contribution < -0.4 is 15.4 Å². The van der Waals surface area contributed by atoms with Crippen molar-refractivity contribution in [3.8, 4) is 6.07 Å². The average Bonchev–Trinajstić information content (AvgIpc) is 2.99. The lowest BCUT2D eigenvalue weighted by Crippen LogP contribution is -2.34. The largest absolute Gasteiger partial charge is 0.457 e. The van der Waals surface area contributed by atoms with Gasteiger partial charge in [-0.1, -0.05) is 6.08 Å². The van der Waals surface area contributed by atoms with E-state index in [0.717, 1.165) is 42.6 Å². The van der Waals surface area contributed by atoms with Crippen LogP contribution in [0.2, 0.25) is 0 Å². The molecule has 6 rings (SSSR count). The van der Waals surface area contributed by atoms with Gasteiger partial charge in [0.1, 0.15) is 17.1 Å². The van der Waals surface area contributed by atoms with Crippen LogP contribution in [0.15, 0.2) is 92.7 Å². The topological polar surface area (TPSA) is 74.1 Å². The van der Waals surface area contributed by atoms with Gasteiger partial charge in [0.2, 0.25) is 0 Å². The van der Waals surface area contributed by atoms with Crippen LogP contribution in [-0.2, 0) is 17.6 Å². The molecule has 2 aromatic carbocycles. The number of ether oxygens (including phenoxy) is 1. The van der Waals surface area contributed by atoms with E-state index in [2.05, 4.69) is 21.9 Å². The number of nitriles is 1. The Morgan fingerprint density at radius 2 is 1.69 bits per heavy atom. The first-order valence-corrected chi connectivity index (χ1v) is 14.1. The molecule has 3 aliphatic heterocycles. The van der Waals surface area contributed by atoms with Gasteiger partial charge >= 0.3 is 5.63 Å². The molecule has 0 radical (unpaired) electrons. The van der Waals surface area contributed by atoms with Crippen LogP contribution in [0.5, 0.6) is 0 Å². The van der Waals surface area contributed by atoms with E-state index in [1.807, 2.05) is 55.4 Å². The second-order valence-corrected chi connectivity index (χ2v) is 10.9. The van der Waals surface area contributed by atoms with Crippen LogP contribution in [0, 0.1) is 17.9 Å². The van der Waals surface area contributed by atoms with Crippen molar-refractivity contribution in [2.75, 3.05) is 37.0 Å². The van der Waals surface area contributed by atoms with Gasteiger partial charge < -0.3 is 19.0 Å². The van der Waals surface area contributed by atoms with Gasteiger partial charge in [-0.2, -0.15) is 0 Å². The predicted molar refractivity (Wildman–Crippen MR) is 167 cm³/mol. The zero-order valence-corrected chi connectivity index (χ0v) is 23.7. The molecule has 0 spiro atoms. The Hall–Kier alpha value is -5.27. The monoisotopic (exact) mass is 554 g/mol. The Morgan fingerprint density at radius 1 is 1.00 bits per heavy atom. The number of fused-ring (bicyclic) bond motifs is 1. The number of hydrogen-bond acceptors (Lipinski definition) is 6. The van der Waals surface area contributed by atoms with Crippen LogP contribution in [0.1, 0.15) is 35.1 Å². The van der Waals surface area contributed by atoms with Gasteiger partial charge in [0, 0.05) is 50.0 Å². The highest BCUT2D eigenvalue weighted by Crippen LogP contribution is 2.36. The molecule has 3 aromatic rings. The normalized spacial score (nSPS) is 17.3. The summed E-state index contributed by atoms with van der Waals surface area (Å²) in [6.45, 7) is 9.72. The van der Waals surface area contributed by atoms with Gasteiger partial charge in [-0.05, 0) is 109 Å². The fourth-order valence-electron chi connectivity index (χ4n) is 5.79. The predicted octanol–water partition coefficient (Wildman–Crippen LogP) is 6.78. The van der Waals surface area contributed by atoms with E-state index in [4.69, 9.17) is 15.7 Å². The molecule has 0 amide bonds. The van der Waals surface area contributed by atoms with Crippen molar-refractivity contribution < 1.29 is 9.15 Å². The number of benzene rings is 2. The summed E-state index contributed by atoms with van der Waals surface area (Å²) in [5.74, 6) is 0.903. The Morgan fingerprint density at radius 3 is 2.33 bits per heavy atom. The molecule has 7 nitrogen and oxygen atoms in total. The lowest BCUT2D eigenvalue weighted by Gasteiger charge is -2.37. The fraction of sp³-hybridized carbons (Fsp3) is 0.229. The van der Waals surface area contributed by atoms with Crippen LogP contribution in [0.4, 0.5) is 11.4 Å². The van der Waals surface area contributed by atoms with Crippen molar-refractivity contribution in [1.29, 1.82) is 5.26 Å². The molecule has 4 heterocycles. The molecular weight excluding hydrogens is 524 g/mol. The summed E-state index contributed by atoms with van der Waals surface area (Å²) in [5.41, 5.74) is 7.09. The summed E-state index contributed by atoms with van der Waals surface area (Å²) in [5, 5.41) is 10.3. The maximum atomic E-state index is 12.7. The van der Waals surface area contributed by atoms with Crippen molar-refractivity contribution in [3.63, 3.8) is 0 Å². The minimum absolute atomic E-state index is 0.0321. The molecule has 0 unspecified atom stereocenters. The minimum Gasteiger partial charge on any atom is -0.457 e. The van der Waals surface area contributed by atoms with E-state index in [-0.39, 0.29) is 5.70 Å². The van der Waals surface area contributed by atoms with Crippen LogP contribution in [0.25, 0.3) is 28.0 Å². The highest BCUT2D eigenvalue weighted by Gasteiger charge is 2.24. The summed E-state index contributed by atoms with van der Waals surface area (Å²) in [4.78, 5) is 20.6. The van der Waals surface area contributed by atoms with Gasteiger partial charge in [-0.25, -0.2) is 14.9 Å². The second kappa shape index (κ2) is 11.3. The number of aryl methyl sites for hydroxylation is 2. The molecule has 208 valence electrons. The third kappa shape index (κ3) is 5.38. The number of hydrogen-bond donors (Lipinski definition) is 0. The van der Waals surface area contributed by atoms with Crippen molar-refractivity contribution in [1.82, 2.24) is 0 Å². The summed E-state index contributed by atoms with van der Waals surface area (Å²) in [6, 6.07) is 14.0. The summed E-state index contributed by atoms with van der Waals surface area (Å²) < 4.78 is 11.7. The number of nitrogens with zero attached hydrogens (tertiary/aromatic N) is 4. The Labute approximate surface area is 245 Å². The number of rotatable bonds is 5. The molecule has 0 bridgehead atoms. The van der Waals surface area contributed by atoms with E-state index in [9.17, 15) is 10.1 Å². The average molecular weight is 555 g/mol. The Balaban J connectivity index is 1.29. The number of allylic oxidation sites excluding steroid dienone is 6. The lowest BCUT2D eigenvalue weighted by molar-refractivity contribution is 0.332. The van der Waals surface area contributed by atoms with Crippen LogP contribution in [-0.4, -0.2) is 27.2 Å². The van der Waals surface area contributed by atoms with E-state index >= 15 is 0 Å². The van der Waals surface area contributed by atoms with Gasteiger partial charge in [0.05, 0.1) is 18.2 Å². The molecule has 0 N–H and O–H groups in total. The molecule has 0 fully saturated rings. The number of anilines is 2. The molecule has 0 atom stereocenters. The third-order valence-electron chi connectivity index (χ3n) is 7.81. The second-order valence-electron chi connectivity index (χ2n) is 10.9. The van der Waals surface area contributed by atoms with Crippen LogP contribution >= 0.6 is 0 Å². The van der Waals surface area contributed by atoms with Crippen molar-refractivity contribution in [3.05, 3.63) is 128 Å². The molecule has 0 aliphatic carbocycles. The van der Waals surface area contributed by atoms with E-state index in [0.29, 0.717) is 28.2 Å². The zero-order chi connectivity index (χ0) is 29.2. The fourth-order valence-corrected chi connectivity index (χ4v) is 5.79. The highest BCUT2D eigenvalue weighted by molar-refractivity contribution is 5.82. The first-order chi connectivity index (χ1) is 20.4. The summed E-state index contributed by atoms with van der Waals surface area (Å²) in [7, 11) is 3.86. The van der Waals surface area contributed by atoms with Gasteiger partial charge in [0.25, 0.3) is 5.70 Å². The maximum Gasteiger partial charge on any atom is 0.343 e. The lowest BCUT2D eigenvalue weighted by atomic mass is 9.90. The molecule has 7 heteroatoms. The summed E-state index contributed by atoms with van der Waals surface area (Å²) in [6.07, 6.45) is 15.0. The maximum absolute atomic E-state index is 12.7. The smallest absolute Gasteiger partial charge is 0.343 e. The SMILES string of the molecule is [C-]#[N+]/C(C#N)=C1C=C(/C=C/c2cc3c4c(c2)CCCN4CCC3)OC(/C=C/c2cc3ccc(N(C)C)cc3oc2=O)=C\1. The molecule has 0 saturated heterocycles. The quantitative estimate of drug-likeness (QED) is 0.197. The first-order valence-electron chi connectivity index (χ1n) is 14.1. The molecule has 0 saturated carbocycles. The first kappa shape index (κ1) is 26.9. The highest BCUT2D eigenvalue weighted by atomic mass is 16.5. The van der Waals surface area contributed by atoms with E-state index < -0.39 is 5.63 Å². The standard InChI is InChI=1S/C35H30N4O3/c1-37-32(22-36)28-19-30(12-8-23-16-25-6-4-14-39-15-5-7-26(17-23)34(25)39)41-31(20-28)13-10-27-18-24-9-11-29(38(2)3)21-33(24)42-35(27)40/h8-13,16-21H,4-7,14-15H2,2-3H3/b12-8+,13-10+,32-28+. The minimum atomic E-state index is -0.466. The van der Waals surface area contributed by atoms with Crippen molar-refractivity contribution in [2.24, 2.45) is 0 Å². The third-order valence-corrected chi connectivity index (χ3v) is 7.81. The van der Waals surface area contributed by atoms with Crippen molar-refractivity contribution in [2.45, 2.75) is 25.7 Å². The van der Waals surface area contributed by atoms with E-state index in [1.165, 1.54) is 29.7 Å². The van der Waals surface area contributed by atoms with Gasteiger partial charge in [-0.15, -0.1) is 0 Å². The summed E-state index contributed by atoms with van der Waals surface area (Å²) >= 11 is 0. The zero-order valence-electron chi connectivity index (χ0n) is 23.7. The molecule has 1 aromatic heterocycles.